The first-order valence-corrected chi connectivity index (χ1v) is 8.09. The second kappa shape index (κ2) is 10.6. The molecule has 0 saturated heterocycles. The molecule has 0 fully saturated rings. The van der Waals surface area contributed by atoms with Crippen LogP contribution in [0.5, 0.6) is 0 Å². The van der Waals surface area contributed by atoms with Crippen LogP contribution in [0, 0.1) is 0 Å². The van der Waals surface area contributed by atoms with E-state index >= 15 is 0 Å². The fourth-order valence-corrected chi connectivity index (χ4v) is 2.30. The predicted octanol–water partition coefficient (Wildman–Crippen LogP) is 4.65. The van der Waals surface area contributed by atoms with Crippen molar-refractivity contribution in [3.63, 3.8) is 0 Å². The SMILES string of the molecule is CCCCCCCCC(=O)NN=Cc1cccc(Br)c1. The number of carbonyl (C=O) groups excluding carboxylic acids is 1. The van der Waals surface area contributed by atoms with Crippen LogP contribution < -0.4 is 5.43 Å². The first kappa shape index (κ1) is 16.9. The number of hydrazone groups is 1. The summed E-state index contributed by atoms with van der Waals surface area (Å²) in [6.07, 6.45) is 9.34. The zero-order valence-electron chi connectivity index (χ0n) is 12.1. The molecule has 0 aliphatic heterocycles. The summed E-state index contributed by atoms with van der Waals surface area (Å²) in [5, 5.41) is 3.97. The maximum atomic E-state index is 11.6. The Balaban J connectivity index is 2.13. The molecule has 0 aromatic heterocycles. The molecule has 0 heterocycles. The number of rotatable bonds is 9. The van der Waals surface area contributed by atoms with E-state index in [0.29, 0.717) is 6.42 Å². The summed E-state index contributed by atoms with van der Waals surface area (Å²) < 4.78 is 1.000. The standard InChI is InChI=1S/C16H23BrN2O/c1-2-3-4-5-6-7-11-16(20)19-18-13-14-9-8-10-15(17)12-14/h8-10,12-13H,2-7,11H2,1H3,(H,19,20). The number of nitrogens with zero attached hydrogens (tertiary/aromatic N) is 1. The maximum Gasteiger partial charge on any atom is 0.240 e. The van der Waals surface area contributed by atoms with E-state index in [2.05, 4.69) is 33.4 Å². The van der Waals surface area contributed by atoms with Gasteiger partial charge in [0.2, 0.25) is 5.91 Å². The topological polar surface area (TPSA) is 41.5 Å². The molecule has 1 N–H and O–H groups in total. The molecule has 3 nitrogen and oxygen atoms in total. The Morgan fingerprint density at radius 1 is 1.25 bits per heavy atom. The molecule has 20 heavy (non-hydrogen) atoms. The van der Waals surface area contributed by atoms with Crippen LogP contribution in [0.25, 0.3) is 0 Å². The van der Waals surface area contributed by atoms with E-state index in [0.717, 1.165) is 22.9 Å². The van der Waals surface area contributed by atoms with Crippen molar-refractivity contribution in [3.05, 3.63) is 34.3 Å². The lowest BCUT2D eigenvalue weighted by molar-refractivity contribution is -0.121. The van der Waals surface area contributed by atoms with Gasteiger partial charge in [0.25, 0.3) is 0 Å². The van der Waals surface area contributed by atoms with E-state index < -0.39 is 0 Å². The highest BCUT2D eigenvalue weighted by molar-refractivity contribution is 9.10. The zero-order valence-corrected chi connectivity index (χ0v) is 13.7. The summed E-state index contributed by atoms with van der Waals surface area (Å²) >= 11 is 3.39. The van der Waals surface area contributed by atoms with Crippen LogP contribution >= 0.6 is 15.9 Å². The van der Waals surface area contributed by atoms with Crippen molar-refractivity contribution < 1.29 is 4.79 Å². The van der Waals surface area contributed by atoms with Crippen molar-refractivity contribution >= 4 is 28.1 Å². The number of halogens is 1. The first-order valence-electron chi connectivity index (χ1n) is 7.30. The zero-order chi connectivity index (χ0) is 14.6. The molecule has 0 aliphatic rings. The number of amides is 1. The Morgan fingerprint density at radius 3 is 2.75 bits per heavy atom. The third kappa shape index (κ3) is 8.10. The Bertz CT molecular complexity index is 432. The monoisotopic (exact) mass is 338 g/mol. The van der Waals surface area contributed by atoms with Gasteiger partial charge in [-0.25, -0.2) is 5.43 Å². The van der Waals surface area contributed by atoms with Gasteiger partial charge in [-0.05, 0) is 24.1 Å². The van der Waals surface area contributed by atoms with Gasteiger partial charge < -0.3 is 0 Å². The minimum atomic E-state index is -0.00765. The van der Waals surface area contributed by atoms with Crippen molar-refractivity contribution in [1.82, 2.24) is 5.43 Å². The Labute approximate surface area is 130 Å². The van der Waals surface area contributed by atoms with Crippen LogP contribution in [0.4, 0.5) is 0 Å². The number of hydrogen-bond acceptors (Lipinski definition) is 2. The predicted molar refractivity (Wildman–Crippen MR) is 87.9 cm³/mol. The molecule has 0 spiro atoms. The average molecular weight is 339 g/mol. The van der Waals surface area contributed by atoms with Crippen molar-refractivity contribution in [2.75, 3.05) is 0 Å². The number of unbranched alkanes of at least 4 members (excludes halogenated alkanes) is 5. The summed E-state index contributed by atoms with van der Waals surface area (Å²) in [6.45, 7) is 2.21. The van der Waals surface area contributed by atoms with Crippen molar-refractivity contribution in [2.24, 2.45) is 5.10 Å². The molecule has 1 aromatic carbocycles. The summed E-state index contributed by atoms with van der Waals surface area (Å²) in [7, 11) is 0. The fraction of sp³-hybridized carbons (Fsp3) is 0.500. The molecule has 1 aromatic rings. The second-order valence-corrected chi connectivity index (χ2v) is 5.78. The number of benzene rings is 1. The van der Waals surface area contributed by atoms with E-state index in [1.54, 1.807) is 6.21 Å². The molecule has 0 unspecified atom stereocenters. The Morgan fingerprint density at radius 2 is 2.00 bits per heavy atom. The van der Waals surface area contributed by atoms with Gasteiger partial charge in [-0.2, -0.15) is 5.10 Å². The molecular formula is C16H23BrN2O. The van der Waals surface area contributed by atoms with Crippen LogP contribution in [0.15, 0.2) is 33.8 Å². The summed E-state index contributed by atoms with van der Waals surface area (Å²) in [6, 6.07) is 7.77. The van der Waals surface area contributed by atoms with E-state index in [-0.39, 0.29) is 5.91 Å². The van der Waals surface area contributed by atoms with Gasteiger partial charge in [0.05, 0.1) is 6.21 Å². The number of hydrogen-bond donors (Lipinski definition) is 1. The average Bonchev–Trinajstić information content (AvgIpc) is 2.43. The van der Waals surface area contributed by atoms with Crippen molar-refractivity contribution in [3.8, 4) is 0 Å². The van der Waals surface area contributed by atoms with Crippen LogP contribution in [0.1, 0.15) is 57.4 Å². The highest BCUT2D eigenvalue weighted by Crippen LogP contribution is 2.10. The molecule has 0 radical (unpaired) electrons. The van der Waals surface area contributed by atoms with Crippen molar-refractivity contribution in [1.29, 1.82) is 0 Å². The first-order chi connectivity index (χ1) is 9.72. The van der Waals surface area contributed by atoms with Gasteiger partial charge >= 0.3 is 0 Å². The van der Waals surface area contributed by atoms with Crippen molar-refractivity contribution in [2.45, 2.75) is 51.9 Å². The Kier molecular flexibility index (Phi) is 8.96. The van der Waals surface area contributed by atoms with Gasteiger partial charge in [0.15, 0.2) is 0 Å². The van der Waals surface area contributed by atoms with Crippen LogP contribution in [0.3, 0.4) is 0 Å². The van der Waals surface area contributed by atoms with Gasteiger partial charge in [0, 0.05) is 10.9 Å². The Hall–Kier alpha value is -1.16. The third-order valence-corrected chi connectivity index (χ3v) is 3.50. The minimum absolute atomic E-state index is 0.00765. The minimum Gasteiger partial charge on any atom is -0.273 e. The summed E-state index contributed by atoms with van der Waals surface area (Å²) in [4.78, 5) is 11.6. The molecule has 0 atom stereocenters. The van der Waals surface area contributed by atoms with Gasteiger partial charge in [-0.15, -0.1) is 0 Å². The summed E-state index contributed by atoms with van der Waals surface area (Å²) in [5.41, 5.74) is 3.53. The number of nitrogens with one attached hydrogen (secondary N) is 1. The van der Waals surface area contributed by atoms with E-state index in [4.69, 9.17) is 0 Å². The lowest BCUT2D eigenvalue weighted by Crippen LogP contribution is -2.16. The smallest absolute Gasteiger partial charge is 0.240 e. The molecule has 1 rings (SSSR count). The molecule has 1 amide bonds. The van der Waals surface area contributed by atoms with E-state index in [1.807, 2.05) is 24.3 Å². The van der Waals surface area contributed by atoms with Crippen LogP contribution in [-0.4, -0.2) is 12.1 Å². The van der Waals surface area contributed by atoms with Crippen LogP contribution in [-0.2, 0) is 4.79 Å². The number of carbonyl (C=O) groups is 1. The molecule has 0 aliphatic carbocycles. The highest BCUT2D eigenvalue weighted by Gasteiger charge is 1.99. The van der Waals surface area contributed by atoms with E-state index in [9.17, 15) is 4.79 Å². The van der Waals surface area contributed by atoms with Gasteiger partial charge in [-0.1, -0.05) is 67.1 Å². The lowest BCUT2D eigenvalue weighted by Gasteiger charge is -2.00. The maximum absolute atomic E-state index is 11.6. The quantitative estimate of drug-likeness (QED) is 0.397. The highest BCUT2D eigenvalue weighted by atomic mass is 79.9. The molecule has 110 valence electrons. The normalized spacial score (nSPS) is 10.9. The lowest BCUT2D eigenvalue weighted by atomic mass is 10.1. The third-order valence-electron chi connectivity index (χ3n) is 3.01. The molecular weight excluding hydrogens is 316 g/mol. The fourth-order valence-electron chi connectivity index (χ4n) is 1.89. The van der Waals surface area contributed by atoms with Gasteiger partial charge in [0.1, 0.15) is 0 Å². The molecule has 0 bridgehead atoms. The summed E-state index contributed by atoms with van der Waals surface area (Å²) in [5.74, 6) is -0.00765. The molecule has 4 heteroatoms. The largest absolute Gasteiger partial charge is 0.273 e. The second-order valence-electron chi connectivity index (χ2n) is 4.87. The van der Waals surface area contributed by atoms with Gasteiger partial charge in [-0.3, -0.25) is 4.79 Å². The molecule has 0 saturated carbocycles. The van der Waals surface area contributed by atoms with E-state index in [1.165, 1.54) is 25.7 Å². The van der Waals surface area contributed by atoms with Crippen LogP contribution in [0.2, 0.25) is 0 Å².